The van der Waals surface area contributed by atoms with Crippen LogP contribution in [0.4, 0.5) is 0 Å². The van der Waals surface area contributed by atoms with E-state index in [2.05, 4.69) is 0 Å². The number of rotatable bonds is 3. The molecule has 0 aromatic heterocycles. The molecule has 0 bridgehead atoms. The summed E-state index contributed by atoms with van der Waals surface area (Å²) in [5, 5.41) is 9.85. The molecule has 4 nitrogen and oxygen atoms in total. The molecule has 0 radical (unpaired) electrons. The molecule has 25 heavy (non-hydrogen) atoms. The van der Waals surface area contributed by atoms with Gasteiger partial charge < -0.3 is 14.6 Å². The minimum atomic E-state index is -0.0737. The van der Waals surface area contributed by atoms with Crippen LogP contribution in [0.5, 0.6) is 11.5 Å². The van der Waals surface area contributed by atoms with Crippen LogP contribution in [-0.2, 0) is 4.74 Å². The van der Waals surface area contributed by atoms with Crippen LogP contribution in [0.25, 0.3) is 0 Å². The number of ether oxygens (including phenoxy) is 2. The number of methoxy groups -OCH3 is 1. The van der Waals surface area contributed by atoms with Crippen LogP contribution in [0.15, 0.2) is 65.6 Å². The van der Waals surface area contributed by atoms with Gasteiger partial charge in [0.05, 0.1) is 12.9 Å². The van der Waals surface area contributed by atoms with Crippen molar-refractivity contribution in [1.29, 1.82) is 0 Å². The number of aromatic hydroxyl groups is 1. The normalized spacial score (nSPS) is 18.6. The van der Waals surface area contributed by atoms with Gasteiger partial charge in [0, 0.05) is 35.6 Å². The van der Waals surface area contributed by atoms with Crippen molar-refractivity contribution >= 4 is 6.29 Å². The van der Waals surface area contributed by atoms with Gasteiger partial charge in [0.2, 0.25) is 0 Å². The Morgan fingerprint density at radius 1 is 1.16 bits per heavy atom. The SMILES string of the molecule is COC1=CC2=C(CC1)C(c1ccccc1C=O)c1ccc(O)cc1O2. The minimum absolute atomic E-state index is 0.0737. The fourth-order valence-electron chi connectivity index (χ4n) is 3.63. The Hall–Kier alpha value is -3.01. The number of hydrogen-bond donors (Lipinski definition) is 1. The molecule has 0 fully saturated rings. The number of phenolic OH excluding ortho intramolecular Hbond substituents is 1. The van der Waals surface area contributed by atoms with Crippen molar-refractivity contribution in [3.8, 4) is 11.5 Å². The molecule has 4 heteroatoms. The number of allylic oxidation sites excluding steroid dienone is 3. The first-order valence-electron chi connectivity index (χ1n) is 8.23. The quantitative estimate of drug-likeness (QED) is 0.850. The highest BCUT2D eigenvalue weighted by atomic mass is 16.5. The van der Waals surface area contributed by atoms with Crippen molar-refractivity contribution in [3.05, 3.63) is 82.3 Å². The van der Waals surface area contributed by atoms with Gasteiger partial charge in [-0.25, -0.2) is 0 Å². The number of benzene rings is 2. The highest BCUT2D eigenvalue weighted by molar-refractivity contribution is 5.79. The zero-order chi connectivity index (χ0) is 17.4. The average Bonchev–Trinajstić information content (AvgIpc) is 2.65. The summed E-state index contributed by atoms with van der Waals surface area (Å²) in [4.78, 5) is 11.6. The highest BCUT2D eigenvalue weighted by Gasteiger charge is 2.33. The van der Waals surface area contributed by atoms with Crippen LogP contribution >= 0.6 is 0 Å². The second-order valence-electron chi connectivity index (χ2n) is 6.21. The first-order valence-corrected chi connectivity index (χ1v) is 8.23. The number of carbonyl (C=O) groups is 1. The number of hydrogen-bond acceptors (Lipinski definition) is 4. The lowest BCUT2D eigenvalue weighted by Crippen LogP contribution is -2.20. The summed E-state index contributed by atoms with van der Waals surface area (Å²) in [6, 6.07) is 12.8. The lowest BCUT2D eigenvalue weighted by Gasteiger charge is -2.33. The monoisotopic (exact) mass is 334 g/mol. The summed E-state index contributed by atoms with van der Waals surface area (Å²) < 4.78 is 11.4. The van der Waals surface area contributed by atoms with Crippen LogP contribution in [0.3, 0.4) is 0 Å². The Morgan fingerprint density at radius 3 is 2.80 bits per heavy atom. The van der Waals surface area contributed by atoms with E-state index in [-0.39, 0.29) is 11.7 Å². The van der Waals surface area contributed by atoms with Gasteiger partial charge in [0.15, 0.2) is 0 Å². The van der Waals surface area contributed by atoms with Crippen LogP contribution in [-0.4, -0.2) is 18.5 Å². The molecule has 1 unspecified atom stereocenters. The lowest BCUT2D eigenvalue weighted by atomic mass is 9.77. The fraction of sp³-hybridized carbons (Fsp3) is 0.190. The van der Waals surface area contributed by atoms with E-state index in [1.807, 2.05) is 36.4 Å². The summed E-state index contributed by atoms with van der Waals surface area (Å²) in [6.45, 7) is 0. The standard InChI is InChI=1S/C21H18O4/c1-24-15-7-9-18-20(11-15)25-19-10-14(23)6-8-17(19)21(18)16-5-3-2-4-13(16)12-22/h2-6,8,10-12,21,23H,7,9H2,1H3. The van der Waals surface area contributed by atoms with Gasteiger partial charge >= 0.3 is 0 Å². The molecular weight excluding hydrogens is 316 g/mol. The Labute approximate surface area is 146 Å². The maximum atomic E-state index is 11.6. The molecule has 1 atom stereocenters. The number of fused-ring (bicyclic) bond motifs is 1. The molecule has 4 rings (SSSR count). The van der Waals surface area contributed by atoms with E-state index in [0.29, 0.717) is 11.3 Å². The van der Waals surface area contributed by atoms with Gasteiger partial charge in [-0.2, -0.15) is 0 Å². The Kier molecular flexibility index (Phi) is 3.80. The molecular formula is C21H18O4. The van der Waals surface area contributed by atoms with E-state index in [0.717, 1.165) is 47.3 Å². The third-order valence-electron chi connectivity index (χ3n) is 4.82. The number of phenols is 1. The first kappa shape index (κ1) is 15.5. The van der Waals surface area contributed by atoms with Gasteiger partial charge in [0.25, 0.3) is 0 Å². The second-order valence-corrected chi connectivity index (χ2v) is 6.21. The van der Waals surface area contributed by atoms with Gasteiger partial charge in [0.1, 0.15) is 23.5 Å². The molecule has 1 aliphatic heterocycles. The third-order valence-corrected chi connectivity index (χ3v) is 4.82. The summed E-state index contributed by atoms with van der Waals surface area (Å²) >= 11 is 0. The van der Waals surface area contributed by atoms with Crippen LogP contribution in [0, 0.1) is 0 Å². The summed E-state index contributed by atoms with van der Waals surface area (Å²) in [5.74, 6) is 2.29. The predicted octanol–water partition coefficient (Wildman–Crippen LogP) is 4.31. The van der Waals surface area contributed by atoms with Gasteiger partial charge in [-0.05, 0) is 23.6 Å². The Morgan fingerprint density at radius 2 is 2.00 bits per heavy atom. The molecule has 1 heterocycles. The van der Waals surface area contributed by atoms with Gasteiger partial charge in [-0.1, -0.05) is 30.3 Å². The third kappa shape index (κ3) is 2.60. The van der Waals surface area contributed by atoms with E-state index in [9.17, 15) is 9.90 Å². The summed E-state index contributed by atoms with van der Waals surface area (Å²) in [7, 11) is 1.65. The maximum Gasteiger partial charge on any atom is 0.150 e. The lowest BCUT2D eigenvalue weighted by molar-refractivity contribution is 0.112. The molecule has 2 aliphatic rings. The minimum Gasteiger partial charge on any atom is -0.508 e. The summed E-state index contributed by atoms with van der Waals surface area (Å²) in [6.07, 6.45) is 4.39. The molecule has 0 amide bonds. The molecule has 126 valence electrons. The molecule has 0 saturated carbocycles. The molecule has 1 N–H and O–H groups in total. The summed E-state index contributed by atoms with van der Waals surface area (Å²) in [5.41, 5.74) is 3.71. The van der Waals surface area contributed by atoms with Gasteiger partial charge in [-0.3, -0.25) is 4.79 Å². The molecule has 2 aromatic carbocycles. The topological polar surface area (TPSA) is 55.8 Å². The second kappa shape index (κ2) is 6.13. The van der Waals surface area contributed by atoms with Crippen LogP contribution in [0.2, 0.25) is 0 Å². The van der Waals surface area contributed by atoms with E-state index >= 15 is 0 Å². The van der Waals surface area contributed by atoms with Crippen molar-refractivity contribution in [2.45, 2.75) is 18.8 Å². The molecule has 0 spiro atoms. The average molecular weight is 334 g/mol. The molecule has 0 saturated heterocycles. The predicted molar refractivity (Wildman–Crippen MR) is 93.8 cm³/mol. The van der Waals surface area contributed by atoms with E-state index in [1.165, 1.54) is 0 Å². The van der Waals surface area contributed by atoms with Crippen molar-refractivity contribution in [2.75, 3.05) is 7.11 Å². The largest absolute Gasteiger partial charge is 0.508 e. The Bertz CT molecular complexity index is 908. The van der Waals surface area contributed by atoms with Gasteiger partial charge in [-0.15, -0.1) is 0 Å². The maximum absolute atomic E-state index is 11.6. The zero-order valence-electron chi connectivity index (χ0n) is 13.9. The smallest absolute Gasteiger partial charge is 0.150 e. The highest BCUT2D eigenvalue weighted by Crippen LogP contribution is 2.48. The van der Waals surface area contributed by atoms with Crippen molar-refractivity contribution in [3.63, 3.8) is 0 Å². The number of aldehydes is 1. The molecule has 1 aliphatic carbocycles. The van der Waals surface area contributed by atoms with Crippen molar-refractivity contribution < 1.29 is 19.4 Å². The van der Waals surface area contributed by atoms with E-state index in [1.54, 1.807) is 19.2 Å². The zero-order valence-corrected chi connectivity index (χ0v) is 13.9. The van der Waals surface area contributed by atoms with Crippen LogP contribution in [0.1, 0.15) is 40.2 Å². The first-order chi connectivity index (χ1) is 12.2. The number of carbonyl (C=O) groups excluding carboxylic acids is 1. The molecule has 2 aromatic rings. The van der Waals surface area contributed by atoms with E-state index in [4.69, 9.17) is 9.47 Å². The fourth-order valence-corrected chi connectivity index (χ4v) is 3.63. The van der Waals surface area contributed by atoms with E-state index < -0.39 is 0 Å². The van der Waals surface area contributed by atoms with Crippen molar-refractivity contribution in [2.24, 2.45) is 0 Å². The Balaban J connectivity index is 1.95. The van der Waals surface area contributed by atoms with Crippen molar-refractivity contribution in [1.82, 2.24) is 0 Å². The van der Waals surface area contributed by atoms with Crippen LogP contribution < -0.4 is 4.74 Å².